The number of nitrogens with zero attached hydrogens (tertiary/aromatic N) is 2. The fourth-order valence-corrected chi connectivity index (χ4v) is 1.75. The minimum atomic E-state index is -0.765. The number of ether oxygens (including phenoxy) is 2. The largest absolute Gasteiger partial charge is 0.385 e. The van der Waals surface area contributed by atoms with Gasteiger partial charge in [0.15, 0.2) is 6.29 Å². The number of hydrogen-bond donors (Lipinski definition) is 2. The first-order valence-corrected chi connectivity index (χ1v) is 6.95. The van der Waals surface area contributed by atoms with Crippen molar-refractivity contribution in [3.8, 4) is 6.07 Å². The Hall–Kier alpha value is -2.67. The molecule has 0 saturated carbocycles. The standard InChI is InChI=1S/C14H15ClN4O5/c1-23-13(24-2)8-17-7-9(6-16)14(20)18-12-5-10(19(21)22)3-4-11(12)15/h3-5,7,13,17H,8H2,1-2H3,(H,18,20)/b9-7-. The Labute approximate surface area is 142 Å². The van der Waals surface area contributed by atoms with Crippen LogP contribution in [-0.2, 0) is 14.3 Å². The van der Waals surface area contributed by atoms with Crippen LogP contribution in [0.2, 0.25) is 5.02 Å². The summed E-state index contributed by atoms with van der Waals surface area (Å²) in [6.45, 7) is 0.211. The van der Waals surface area contributed by atoms with E-state index in [1.165, 1.54) is 32.6 Å². The van der Waals surface area contributed by atoms with E-state index in [-0.39, 0.29) is 28.5 Å². The summed E-state index contributed by atoms with van der Waals surface area (Å²) in [6.07, 6.45) is 0.640. The smallest absolute Gasteiger partial charge is 0.271 e. The number of anilines is 1. The Bertz CT molecular complexity index is 682. The summed E-state index contributed by atoms with van der Waals surface area (Å²) in [6, 6.07) is 5.31. The number of nitro benzene ring substituents is 1. The molecule has 0 atom stereocenters. The van der Waals surface area contributed by atoms with Crippen molar-refractivity contribution in [3.05, 3.63) is 45.1 Å². The number of carbonyl (C=O) groups is 1. The number of carbonyl (C=O) groups excluding carboxylic acids is 1. The normalized spacial score (nSPS) is 11.0. The maximum absolute atomic E-state index is 12.1. The third kappa shape index (κ3) is 5.51. The number of halogens is 1. The molecule has 0 heterocycles. The first-order chi connectivity index (χ1) is 11.4. The fourth-order valence-electron chi connectivity index (χ4n) is 1.58. The number of nitriles is 1. The van der Waals surface area contributed by atoms with Gasteiger partial charge in [-0.05, 0) is 6.07 Å². The molecule has 0 spiro atoms. The number of rotatable bonds is 8. The number of non-ortho nitro benzene ring substituents is 1. The van der Waals surface area contributed by atoms with E-state index in [0.29, 0.717) is 0 Å². The summed E-state index contributed by atoms with van der Waals surface area (Å²) in [7, 11) is 2.89. The molecule has 2 N–H and O–H groups in total. The highest BCUT2D eigenvalue weighted by Crippen LogP contribution is 2.26. The number of hydrogen-bond acceptors (Lipinski definition) is 7. The summed E-state index contributed by atoms with van der Waals surface area (Å²) in [5.41, 5.74) is -0.453. The molecule has 9 nitrogen and oxygen atoms in total. The van der Waals surface area contributed by atoms with E-state index in [1.54, 1.807) is 6.07 Å². The van der Waals surface area contributed by atoms with Crippen molar-refractivity contribution in [3.63, 3.8) is 0 Å². The van der Waals surface area contributed by atoms with Crippen molar-refractivity contribution >= 4 is 28.9 Å². The lowest BCUT2D eigenvalue weighted by Gasteiger charge is -2.13. The van der Waals surface area contributed by atoms with E-state index >= 15 is 0 Å². The van der Waals surface area contributed by atoms with Gasteiger partial charge in [-0.25, -0.2) is 0 Å². The lowest BCUT2D eigenvalue weighted by Crippen LogP contribution is -2.27. The summed E-state index contributed by atoms with van der Waals surface area (Å²) in [5, 5.41) is 25.0. The van der Waals surface area contributed by atoms with E-state index < -0.39 is 17.1 Å². The van der Waals surface area contributed by atoms with Gasteiger partial charge in [-0.2, -0.15) is 5.26 Å². The van der Waals surface area contributed by atoms with Crippen LogP contribution in [0.4, 0.5) is 11.4 Å². The highest BCUT2D eigenvalue weighted by molar-refractivity contribution is 6.34. The Morgan fingerprint density at radius 1 is 1.50 bits per heavy atom. The van der Waals surface area contributed by atoms with Crippen molar-refractivity contribution in [2.75, 3.05) is 26.1 Å². The average molecular weight is 355 g/mol. The lowest BCUT2D eigenvalue weighted by atomic mass is 10.2. The molecule has 1 aromatic rings. The highest BCUT2D eigenvalue weighted by atomic mass is 35.5. The Balaban J connectivity index is 2.83. The van der Waals surface area contributed by atoms with Gasteiger partial charge in [0.05, 0.1) is 22.2 Å². The van der Waals surface area contributed by atoms with Gasteiger partial charge in [0, 0.05) is 32.6 Å². The molecule has 0 fully saturated rings. The summed E-state index contributed by atoms with van der Waals surface area (Å²) >= 11 is 5.89. The number of nitro groups is 1. The molecular formula is C14H15ClN4O5. The molecule has 0 aliphatic carbocycles. The van der Waals surface area contributed by atoms with E-state index in [4.69, 9.17) is 26.3 Å². The topological polar surface area (TPSA) is 127 Å². The van der Waals surface area contributed by atoms with E-state index in [0.717, 1.165) is 6.07 Å². The second-order valence-corrected chi connectivity index (χ2v) is 4.76. The predicted molar refractivity (Wildman–Crippen MR) is 86.2 cm³/mol. The molecule has 0 unspecified atom stereocenters. The third-order valence-corrected chi connectivity index (χ3v) is 3.16. The van der Waals surface area contributed by atoms with Crippen LogP contribution in [-0.4, -0.2) is 37.9 Å². The maximum atomic E-state index is 12.1. The van der Waals surface area contributed by atoms with E-state index in [1.807, 2.05) is 0 Å². The van der Waals surface area contributed by atoms with E-state index in [9.17, 15) is 14.9 Å². The number of benzene rings is 1. The molecule has 1 rings (SSSR count). The molecule has 0 saturated heterocycles. The maximum Gasteiger partial charge on any atom is 0.271 e. The number of amides is 1. The highest BCUT2D eigenvalue weighted by Gasteiger charge is 2.15. The zero-order valence-electron chi connectivity index (χ0n) is 12.9. The third-order valence-electron chi connectivity index (χ3n) is 2.83. The first-order valence-electron chi connectivity index (χ1n) is 6.57. The van der Waals surface area contributed by atoms with Gasteiger partial charge in [-0.3, -0.25) is 14.9 Å². The zero-order chi connectivity index (χ0) is 18.1. The first kappa shape index (κ1) is 19.4. The van der Waals surface area contributed by atoms with Crippen molar-refractivity contribution in [1.29, 1.82) is 5.26 Å². The van der Waals surface area contributed by atoms with E-state index in [2.05, 4.69) is 10.6 Å². The van der Waals surface area contributed by atoms with Crippen molar-refractivity contribution in [2.45, 2.75) is 6.29 Å². The Morgan fingerprint density at radius 3 is 2.71 bits per heavy atom. The van der Waals surface area contributed by atoms with Crippen LogP contribution in [0.3, 0.4) is 0 Å². The molecule has 128 valence electrons. The van der Waals surface area contributed by atoms with Crippen molar-refractivity contribution in [2.24, 2.45) is 0 Å². The minimum Gasteiger partial charge on any atom is -0.385 e. The average Bonchev–Trinajstić information content (AvgIpc) is 2.56. The molecular weight excluding hydrogens is 340 g/mol. The Morgan fingerprint density at radius 2 is 2.17 bits per heavy atom. The summed E-state index contributed by atoms with van der Waals surface area (Å²) < 4.78 is 9.89. The second kappa shape index (κ2) is 9.46. The Kier molecular flexibility index (Phi) is 7.64. The number of methoxy groups -OCH3 is 2. The molecule has 1 amide bonds. The van der Waals surface area contributed by atoms with Gasteiger partial charge in [0.2, 0.25) is 0 Å². The van der Waals surface area contributed by atoms with Gasteiger partial charge in [-0.15, -0.1) is 0 Å². The van der Waals surface area contributed by atoms with Crippen LogP contribution in [0.15, 0.2) is 30.0 Å². The van der Waals surface area contributed by atoms with Gasteiger partial charge in [0.1, 0.15) is 11.6 Å². The van der Waals surface area contributed by atoms with Gasteiger partial charge < -0.3 is 20.1 Å². The van der Waals surface area contributed by atoms with Gasteiger partial charge in [-0.1, -0.05) is 11.6 Å². The zero-order valence-corrected chi connectivity index (χ0v) is 13.7. The van der Waals surface area contributed by atoms with Gasteiger partial charge in [0.25, 0.3) is 11.6 Å². The van der Waals surface area contributed by atoms with Crippen molar-refractivity contribution in [1.82, 2.24) is 5.32 Å². The molecule has 10 heteroatoms. The monoisotopic (exact) mass is 354 g/mol. The van der Waals surface area contributed by atoms with Crippen LogP contribution >= 0.6 is 11.6 Å². The molecule has 0 aliphatic rings. The molecule has 24 heavy (non-hydrogen) atoms. The van der Waals surface area contributed by atoms with Crippen LogP contribution in [0.5, 0.6) is 0 Å². The predicted octanol–water partition coefficient (Wildman–Crippen LogP) is 1.80. The van der Waals surface area contributed by atoms with Crippen molar-refractivity contribution < 1.29 is 19.2 Å². The quantitative estimate of drug-likeness (QED) is 0.239. The minimum absolute atomic E-state index is 0.0312. The lowest BCUT2D eigenvalue weighted by molar-refractivity contribution is -0.384. The molecule has 0 radical (unpaired) electrons. The van der Waals surface area contributed by atoms with Crippen LogP contribution in [0.1, 0.15) is 0 Å². The second-order valence-electron chi connectivity index (χ2n) is 4.35. The molecule has 1 aromatic carbocycles. The number of nitrogens with one attached hydrogen (secondary N) is 2. The molecule has 0 aliphatic heterocycles. The van der Waals surface area contributed by atoms with Crippen LogP contribution < -0.4 is 10.6 Å². The molecule has 0 bridgehead atoms. The SMILES string of the molecule is COC(CN/C=C(/C#N)C(=O)Nc1cc([N+](=O)[O-])ccc1Cl)OC. The molecule has 0 aromatic heterocycles. The summed E-state index contributed by atoms with van der Waals surface area (Å²) in [4.78, 5) is 22.2. The summed E-state index contributed by atoms with van der Waals surface area (Å²) in [5.74, 6) is -0.765. The van der Waals surface area contributed by atoms with Crippen LogP contribution in [0, 0.1) is 21.4 Å². The van der Waals surface area contributed by atoms with Crippen LogP contribution in [0.25, 0.3) is 0 Å². The fraction of sp³-hybridized carbons (Fsp3) is 0.286. The van der Waals surface area contributed by atoms with Gasteiger partial charge >= 0.3 is 0 Å².